The lowest BCUT2D eigenvalue weighted by molar-refractivity contribution is 0.0657. The zero-order valence-electron chi connectivity index (χ0n) is 18.3. The molecule has 0 saturated carbocycles. The van der Waals surface area contributed by atoms with E-state index in [-0.39, 0.29) is 29.9 Å². The number of hydrogen-bond donors (Lipinski definition) is 1. The minimum Gasteiger partial charge on any atom is -0.459 e. The minimum absolute atomic E-state index is 0. The lowest BCUT2D eigenvalue weighted by Crippen LogP contribution is -2.53. The SMILES string of the molecule is CCNC(=NCc1ccc2c(c1)CCCN2C)N1CCN(C(=O)c2ccco2)CC1.I. The third kappa shape index (κ3) is 5.53. The van der Waals surface area contributed by atoms with Gasteiger partial charge in [-0.3, -0.25) is 4.79 Å². The molecule has 0 radical (unpaired) electrons. The Morgan fingerprint density at radius 2 is 1.90 bits per heavy atom. The number of hydrogen-bond acceptors (Lipinski definition) is 4. The highest BCUT2D eigenvalue weighted by Gasteiger charge is 2.25. The number of halogens is 1. The Kier molecular flexibility index (Phi) is 8.22. The molecular weight excluding hydrogens is 505 g/mol. The maximum absolute atomic E-state index is 12.5. The molecular formula is C23H32IN5O2. The third-order valence-electron chi connectivity index (χ3n) is 5.84. The number of carbonyl (C=O) groups excluding carboxylic acids is 1. The van der Waals surface area contributed by atoms with Crippen LogP contribution in [0.25, 0.3) is 0 Å². The summed E-state index contributed by atoms with van der Waals surface area (Å²) >= 11 is 0. The van der Waals surface area contributed by atoms with Gasteiger partial charge in [-0.05, 0) is 49.1 Å². The van der Waals surface area contributed by atoms with Gasteiger partial charge in [0.05, 0.1) is 12.8 Å². The van der Waals surface area contributed by atoms with Crippen molar-refractivity contribution >= 4 is 41.5 Å². The van der Waals surface area contributed by atoms with E-state index in [0.29, 0.717) is 25.4 Å². The zero-order valence-corrected chi connectivity index (χ0v) is 20.7. The summed E-state index contributed by atoms with van der Waals surface area (Å²) in [7, 11) is 2.16. The summed E-state index contributed by atoms with van der Waals surface area (Å²) in [6, 6.07) is 10.2. The van der Waals surface area contributed by atoms with Crippen LogP contribution in [0.15, 0.2) is 46.0 Å². The molecule has 2 aliphatic rings. The van der Waals surface area contributed by atoms with Crippen molar-refractivity contribution in [1.29, 1.82) is 0 Å². The molecule has 3 heterocycles. The molecule has 0 atom stereocenters. The van der Waals surface area contributed by atoms with Crippen LogP contribution in [0, 0.1) is 0 Å². The highest BCUT2D eigenvalue weighted by Crippen LogP contribution is 2.27. The van der Waals surface area contributed by atoms with Gasteiger partial charge < -0.3 is 24.4 Å². The first-order valence-corrected chi connectivity index (χ1v) is 10.8. The minimum atomic E-state index is -0.0411. The highest BCUT2D eigenvalue weighted by atomic mass is 127. The average molecular weight is 537 g/mol. The van der Waals surface area contributed by atoms with Gasteiger partial charge in [0.2, 0.25) is 0 Å². The number of piperazine rings is 1. The van der Waals surface area contributed by atoms with E-state index in [4.69, 9.17) is 9.41 Å². The number of nitrogens with one attached hydrogen (secondary N) is 1. The molecule has 8 heteroatoms. The molecule has 0 aliphatic carbocycles. The van der Waals surface area contributed by atoms with Crippen molar-refractivity contribution in [2.24, 2.45) is 4.99 Å². The van der Waals surface area contributed by atoms with E-state index in [1.54, 1.807) is 12.1 Å². The van der Waals surface area contributed by atoms with Gasteiger partial charge in [-0.1, -0.05) is 12.1 Å². The van der Waals surface area contributed by atoms with Gasteiger partial charge >= 0.3 is 0 Å². The number of furan rings is 1. The number of nitrogens with zero attached hydrogens (tertiary/aromatic N) is 4. The topological polar surface area (TPSA) is 64.3 Å². The fourth-order valence-corrected chi connectivity index (χ4v) is 4.21. The second kappa shape index (κ2) is 10.9. The lowest BCUT2D eigenvalue weighted by Gasteiger charge is -2.36. The molecule has 0 bridgehead atoms. The van der Waals surface area contributed by atoms with Gasteiger partial charge in [-0.15, -0.1) is 24.0 Å². The fraction of sp³-hybridized carbons (Fsp3) is 0.478. The molecule has 1 aromatic carbocycles. The number of aliphatic imine (C=N–C) groups is 1. The van der Waals surface area contributed by atoms with Crippen LogP contribution in [0.3, 0.4) is 0 Å². The largest absolute Gasteiger partial charge is 0.459 e. The maximum Gasteiger partial charge on any atom is 0.289 e. The Morgan fingerprint density at radius 1 is 1.13 bits per heavy atom. The summed E-state index contributed by atoms with van der Waals surface area (Å²) in [6.07, 6.45) is 3.89. The van der Waals surface area contributed by atoms with E-state index >= 15 is 0 Å². The van der Waals surface area contributed by atoms with Gasteiger partial charge in [-0.25, -0.2) is 4.99 Å². The summed E-state index contributed by atoms with van der Waals surface area (Å²) in [4.78, 5) is 23.8. The molecule has 2 aromatic rings. The normalized spacial score (nSPS) is 16.6. The van der Waals surface area contributed by atoms with E-state index in [1.807, 2.05) is 4.90 Å². The summed E-state index contributed by atoms with van der Waals surface area (Å²) in [5.41, 5.74) is 4.01. The van der Waals surface area contributed by atoms with Crippen LogP contribution in [-0.2, 0) is 13.0 Å². The van der Waals surface area contributed by atoms with E-state index in [2.05, 4.69) is 47.3 Å². The van der Waals surface area contributed by atoms with Gasteiger partial charge in [0.15, 0.2) is 11.7 Å². The molecule has 31 heavy (non-hydrogen) atoms. The predicted octanol–water partition coefficient (Wildman–Crippen LogP) is 3.20. The average Bonchev–Trinajstić information content (AvgIpc) is 3.31. The van der Waals surface area contributed by atoms with Crippen LogP contribution in [0.4, 0.5) is 5.69 Å². The first-order valence-electron chi connectivity index (χ1n) is 10.8. The molecule has 0 spiro atoms. The molecule has 7 nitrogen and oxygen atoms in total. The third-order valence-corrected chi connectivity index (χ3v) is 5.84. The molecule has 4 rings (SSSR count). The second-order valence-electron chi connectivity index (χ2n) is 7.91. The Bertz CT molecular complexity index is 891. The van der Waals surface area contributed by atoms with Crippen molar-refractivity contribution in [3.8, 4) is 0 Å². The molecule has 1 saturated heterocycles. The zero-order chi connectivity index (χ0) is 20.9. The number of amides is 1. The molecule has 1 aromatic heterocycles. The predicted molar refractivity (Wildman–Crippen MR) is 134 cm³/mol. The molecule has 1 N–H and O–H groups in total. The highest BCUT2D eigenvalue weighted by molar-refractivity contribution is 14.0. The van der Waals surface area contributed by atoms with Gasteiger partial charge in [0.25, 0.3) is 5.91 Å². The van der Waals surface area contributed by atoms with Crippen molar-refractivity contribution in [3.63, 3.8) is 0 Å². The van der Waals surface area contributed by atoms with Gasteiger partial charge in [0.1, 0.15) is 0 Å². The smallest absolute Gasteiger partial charge is 0.289 e. The molecule has 0 unspecified atom stereocenters. The Balaban J connectivity index is 0.00000272. The number of rotatable bonds is 4. The van der Waals surface area contributed by atoms with Crippen molar-refractivity contribution in [1.82, 2.24) is 15.1 Å². The molecule has 1 amide bonds. The Morgan fingerprint density at radius 3 is 2.61 bits per heavy atom. The van der Waals surface area contributed by atoms with Crippen LogP contribution >= 0.6 is 24.0 Å². The number of guanidine groups is 1. The van der Waals surface area contributed by atoms with E-state index < -0.39 is 0 Å². The van der Waals surface area contributed by atoms with Crippen molar-refractivity contribution in [2.45, 2.75) is 26.3 Å². The number of aryl methyl sites for hydroxylation is 1. The monoisotopic (exact) mass is 537 g/mol. The van der Waals surface area contributed by atoms with E-state index in [0.717, 1.165) is 38.6 Å². The second-order valence-corrected chi connectivity index (χ2v) is 7.91. The van der Waals surface area contributed by atoms with Gasteiger partial charge in [0, 0.05) is 52.0 Å². The van der Waals surface area contributed by atoms with Crippen LogP contribution in [0.1, 0.15) is 35.0 Å². The van der Waals surface area contributed by atoms with Crippen molar-refractivity contribution in [3.05, 3.63) is 53.5 Å². The van der Waals surface area contributed by atoms with Crippen molar-refractivity contribution in [2.75, 3.05) is 51.2 Å². The van der Waals surface area contributed by atoms with Gasteiger partial charge in [-0.2, -0.15) is 0 Å². The number of benzene rings is 1. The molecule has 168 valence electrons. The summed E-state index contributed by atoms with van der Waals surface area (Å²) < 4.78 is 5.25. The maximum atomic E-state index is 12.5. The van der Waals surface area contributed by atoms with Crippen LogP contribution in [0.5, 0.6) is 0 Å². The fourth-order valence-electron chi connectivity index (χ4n) is 4.21. The Labute approximate surface area is 201 Å². The van der Waals surface area contributed by atoms with Crippen LogP contribution in [-0.4, -0.2) is 68.0 Å². The first-order chi connectivity index (χ1) is 14.7. The summed E-state index contributed by atoms with van der Waals surface area (Å²) in [5, 5.41) is 3.41. The van der Waals surface area contributed by atoms with Crippen molar-refractivity contribution < 1.29 is 9.21 Å². The summed E-state index contributed by atoms with van der Waals surface area (Å²) in [6.45, 7) is 7.53. The van der Waals surface area contributed by atoms with E-state index in [1.165, 1.54) is 29.5 Å². The van der Waals surface area contributed by atoms with E-state index in [9.17, 15) is 4.79 Å². The standard InChI is InChI=1S/C23H31N5O2.HI/c1-3-24-23(25-17-18-8-9-20-19(16-18)6-4-10-26(20)2)28-13-11-27(12-14-28)22(29)21-7-5-15-30-21;/h5,7-9,15-16H,3-4,6,10-14,17H2,1-2H3,(H,24,25);1H. The molecule has 1 fully saturated rings. The van der Waals surface area contributed by atoms with Crippen LogP contribution < -0.4 is 10.2 Å². The first kappa shape index (κ1) is 23.4. The Hall–Kier alpha value is -2.23. The molecule has 2 aliphatic heterocycles. The number of fused-ring (bicyclic) bond motifs is 1. The lowest BCUT2D eigenvalue weighted by atomic mass is 10.00. The number of carbonyl (C=O) groups is 1. The number of anilines is 1. The quantitative estimate of drug-likeness (QED) is 0.369. The summed E-state index contributed by atoms with van der Waals surface area (Å²) in [5.74, 6) is 1.28. The van der Waals surface area contributed by atoms with Crippen LogP contribution in [0.2, 0.25) is 0 Å².